The Balaban J connectivity index is 1.94. The van der Waals surface area contributed by atoms with Crippen LogP contribution in [0.2, 0.25) is 0 Å². The molecule has 0 saturated heterocycles. The highest BCUT2D eigenvalue weighted by atomic mass is 79.9. The number of nitrogens with one attached hydrogen (secondary N) is 1. The molecule has 2 aromatic rings. The van der Waals surface area contributed by atoms with Crippen LogP contribution < -0.4 is 5.32 Å². The van der Waals surface area contributed by atoms with E-state index in [-0.39, 0.29) is 0 Å². The van der Waals surface area contributed by atoms with Crippen molar-refractivity contribution in [1.82, 2.24) is 5.32 Å². The van der Waals surface area contributed by atoms with Gasteiger partial charge in [-0.3, -0.25) is 0 Å². The summed E-state index contributed by atoms with van der Waals surface area (Å²) >= 11 is 8.38. The van der Waals surface area contributed by atoms with Crippen molar-refractivity contribution in [3.63, 3.8) is 0 Å². The molecule has 0 bridgehead atoms. The van der Waals surface area contributed by atoms with E-state index in [0.29, 0.717) is 18.7 Å². The average molecular weight is 429 g/mol. The molecule has 0 aliphatic rings. The summed E-state index contributed by atoms with van der Waals surface area (Å²) in [7, 11) is 0. The van der Waals surface area contributed by atoms with Gasteiger partial charge in [0, 0.05) is 22.4 Å². The molecule has 0 saturated carbocycles. The van der Waals surface area contributed by atoms with Crippen molar-refractivity contribution in [2.24, 2.45) is 0 Å². The van der Waals surface area contributed by atoms with Crippen molar-refractivity contribution in [3.8, 4) is 0 Å². The molecule has 1 heterocycles. The van der Waals surface area contributed by atoms with E-state index in [0.717, 1.165) is 19.2 Å². The quantitative estimate of drug-likeness (QED) is 0.670. The minimum absolute atomic E-state index is 0.400. The fourth-order valence-electron chi connectivity index (χ4n) is 1.67. The lowest BCUT2D eigenvalue weighted by Gasteiger charge is -2.09. The van der Waals surface area contributed by atoms with Crippen LogP contribution in [0.25, 0.3) is 0 Å². The summed E-state index contributed by atoms with van der Waals surface area (Å²) < 4.78 is 39.7. The van der Waals surface area contributed by atoms with Crippen molar-refractivity contribution < 1.29 is 13.2 Å². The normalized spacial score (nSPS) is 11.8. The summed E-state index contributed by atoms with van der Waals surface area (Å²) in [5, 5.41) is 3.14. The molecular weight excluding hydrogens is 419 g/mol. The third kappa shape index (κ3) is 4.31. The first kappa shape index (κ1) is 16.0. The molecule has 20 heavy (non-hydrogen) atoms. The van der Waals surface area contributed by atoms with Gasteiger partial charge in [-0.2, -0.15) is 13.2 Å². The van der Waals surface area contributed by atoms with Crippen molar-refractivity contribution >= 4 is 43.2 Å². The molecule has 1 N–H and O–H groups in total. The second kappa shape index (κ2) is 6.60. The van der Waals surface area contributed by atoms with Crippen LogP contribution in [0.15, 0.2) is 38.6 Å². The van der Waals surface area contributed by atoms with Crippen LogP contribution >= 0.6 is 43.2 Å². The Hall–Kier alpha value is -0.370. The molecule has 0 fully saturated rings. The maximum Gasteiger partial charge on any atom is 0.416 e. The molecular formula is C13H10Br2F3NS. The number of halogens is 5. The van der Waals surface area contributed by atoms with Gasteiger partial charge in [-0.25, -0.2) is 0 Å². The Bertz CT molecular complexity index is 576. The van der Waals surface area contributed by atoms with Gasteiger partial charge in [0.25, 0.3) is 0 Å². The van der Waals surface area contributed by atoms with Gasteiger partial charge in [0.15, 0.2) is 0 Å². The summed E-state index contributed by atoms with van der Waals surface area (Å²) in [6.07, 6.45) is -4.29. The largest absolute Gasteiger partial charge is 0.416 e. The summed E-state index contributed by atoms with van der Waals surface area (Å²) in [6.45, 7) is 1.02. The highest BCUT2D eigenvalue weighted by molar-refractivity contribution is 9.13. The van der Waals surface area contributed by atoms with Gasteiger partial charge in [-0.15, -0.1) is 11.3 Å². The van der Waals surface area contributed by atoms with Gasteiger partial charge in [0.2, 0.25) is 0 Å². The van der Waals surface area contributed by atoms with Crippen molar-refractivity contribution in [2.45, 2.75) is 19.3 Å². The summed E-state index contributed by atoms with van der Waals surface area (Å²) in [5.41, 5.74) is 0.00734. The van der Waals surface area contributed by atoms with Crippen LogP contribution in [0.1, 0.15) is 16.0 Å². The van der Waals surface area contributed by atoms with Crippen LogP contribution in [0.3, 0.4) is 0 Å². The molecule has 0 atom stereocenters. The topological polar surface area (TPSA) is 12.0 Å². The maximum atomic E-state index is 12.6. The first-order chi connectivity index (χ1) is 9.36. The van der Waals surface area contributed by atoms with Gasteiger partial charge < -0.3 is 5.32 Å². The monoisotopic (exact) mass is 427 g/mol. The number of hydrogen-bond acceptors (Lipinski definition) is 2. The van der Waals surface area contributed by atoms with Crippen LogP contribution in [-0.4, -0.2) is 0 Å². The SMILES string of the molecule is FC(F)(F)c1cccc(CNCc2cc(Br)c(Br)s2)c1. The highest BCUT2D eigenvalue weighted by Gasteiger charge is 2.30. The molecule has 0 spiro atoms. The fourth-order valence-corrected chi connectivity index (χ4v) is 3.81. The molecule has 1 aromatic carbocycles. The van der Waals surface area contributed by atoms with Gasteiger partial charge in [0.1, 0.15) is 0 Å². The van der Waals surface area contributed by atoms with Crippen LogP contribution in [-0.2, 0) is 19.3 Å². The van der Waals surface area contributed by atoms with E-state index >= 15 is 0 Å². The van der Waals surface area contributed by atoms with E-state index in [9.17, 15) is 13.2 Å². The van der Waals surface area contributed by atoms with E-state index in [1.165, 1.54) is 12.1 Å². The highest BCUT2D eigenvalue weighted by Crippen LogP contribution is 2.32. The lowest BCUT2D eigenvalue weighted by atomic mass is 10.1. The maximum absolute atomic E-state index is 12.6. The zero-order valence-corrected chi connectivity index (χ0v) is 14.1. The molecule has 0 radical (unpaired) electrons. The third-order valence-corrected chi connectivity index (χ3v) is 5.84. The number of thiophene rings is 1. The minimum Gasteiger partial charge on any atom is -0.308 e. The number of benzene rings is 1. The smallest absolute Gasteiger partial charge is 0.308 e. The van der Waals surface area contributed by atoms with E-state index in [1.807, 2.05) is 6.07 Å². The molecule has 0 aliphatic heterocycles. The zero-order chi connectivity index (χ0) is 14.8. The molecule has 7 heteroatoms. The summed E-state index contributed by atoms with van der Waals surface area (Å²) in [6, 6.07) is 7.35. The lowest BCUT2D eigenvalue weighted by molar-refractivity contribution is -0.137. The lowest BCUT2D eigenvalue weighted by Crippen LogP contribution is -2.13. The molecule has 2 rings (SSSR count). The zero-order valence-electron chi connectivity index (χ0n) is 10.1. The molecule has 1 aromatic heterocycles. The molecule has 0 aliphatic carbocycles. The van der Waals surface area contributed by atoms with E-state index in [2.05, 4.69) is 37.2 Å². The Labute approximate surface area is 135 Å². The van der Waals surface area contributed by atoms with Gasteiger partial charge in [0.05, 0.1) is 9.35 Å². The van der Waals surface area contributed by atoms with E-state index in [1.54, 1.807) is 17.4 Å². The molecule has 0 unspecified atom stereocenters. The number of rotatable bonds is 4. The van der Waals surface area contributed by atoms with Crippen LogP contribution in [0, 0.1) is 0 Å². The molecule has 108 valence electrons. The predicted molar refractivity (Wildman–Crippen MR) is 81.7 cm³/mol. The predicted octanol–water partition coefficient (Wildman–Crippen LogP) is 5.58. The average Bonchev–Trinajstić information content (AvgIpc) is 2.68. The van der Waals surface area contributed by atoms with Gasteiger partial charge in [-0.1, -0.05) is 18.2 Å². The summed E-state index contributed by atoms with van der Waals surface area (Å²) in [4.78, 5) is 1.11. The Morgan fingerprint density at radius 1 is 1.10 bits per heavy atom. The Kier molecular flexibility index (Phi) is 5.28. The van der Waals surface area contributed by atoms with Gasteiger partial charge >= 0.3 is 6.18 Å². The van der Waals surface area contributed by atoms with E-state index in [4.69, 9.17) is 0 Å². The van der Waals surface area contributed by atoms with Gasteiger partial charge in [-0.05, 0) is 49.6 Å². The first-order valence-electron chi connectivity index (χ1n) is 5.67. The third-order valence-electron chi connectivity index (χ3n) is 2.58. The van der Waals surface area contributed by atoms with Crippen molar-refractivity contribution in [3.05, 3.63) is 54.6 Å². The Morgan fingerprint density at radius 2 is 1.85 bits per heavy atom. The fraction of sp³-hybridized carbons (Fsp3) is 0.231. The number of hydrogen-bond donors (Lipinski definition) is 1. The van der Waals surface area contributed by atoms with Crippen LogP contribution in [0.4, 0.5) is 13.2 Å². The number of alkyl halides is 3. The first-order valence-corrected chi connectivity index (χ1v) is 8.07. The molecule has 0 amide bonds. The van der Waals surface area contributed by atoms with E-state index < -0.39 is 11.7 Å². The minimum atomic E-state index is -4.29. The van der Waals surface area contributed by atoms with Crippen molar-refractivity contribution in [1.29, 1.82) is 0 Å². The van der Waals surface area contributed by atoms with Crippen LogP contribution in [0.5, 0.6) is 0 Å². The standard InChI is InChI=1S/C13H10Br2F3NS/c14-11-5-10(20-12(11)15)7-19-6-8-2-1-3-9(4-8)13(16,17)18/h1-5,19H,6-7H2. The second-order valence-corrected chi connectivity index (χ2v) is 7.45. The van der Waals surface area contributed by atoms with Crippen molar-refractivity contribution in [2.75, 3.05) is 0 Å². The Morgan fingerprint density at radius 3 is 2.45 bits per heavy atom. The summed E-state index contributed by atoms with van der Waals surface area (Å²) in [5.74, 6) is 0. The second-order valence-electron chi connectivity index (χ2n) is 4.14. The molecule has 1 nitrogen and oxygen atoms in total.